The SMILES string of the molecule is COC[C@H](Cc1ncc(Cl)cn1)S(=O)(=O)Nc1nnc([C@H]2CCC(C)(C)O2)n1-c1c(OC)ncnc1OC. The Balaban J connectivity index is 1.78. The molecule has 1 N–H and O–H groups in total. The Labute approximate surface area is 225 Å². The molecule has 0 aliphatic carbocycles. The van der Waals surface area contributed by atoms with Crippen molar-refractivity contribution in [2.24, 2.45) is 0 Å². The Morgan fingerprint density at radius 1 is 1.13 bits per heavy atom. The molecule has 2 atom stereocenters. The van der Waals surface area contributed by atoms with Crippen LogP contribution in [0.1, 0.15) is 44.4 Å². The second kappa shape index (κ2) is 11.3. The van der Waals surface area contributed by atoms with E-state index >= 15 is 0 Å². The number of rotatable bonds is 11. The maximum atomic E-state index is 13.6. The molecule has 0 radical (unpaired) electrons. The molecule has 1 aliphatic rings. The average molecular weight is 569 g/mol. The largest absolute Gasteiger partial charge is 0.479 e. The van der Waals surface area contributed by atoms with Crippen molar-refractivity contribution in [3.8, 4) is 17.4 Å². The first kappa shape index (κ1) is 27.9. The molecule has 1 fully saturated rings. The van der Waals surface area contributed by atoms with Gasteiger partial charge in [-0.25, -0.2) is 18.4 Å². The lowest BCUT2D eigenvalue weighted by atomic mass is 10.1. The summed E-state index contributed by atoms with van der Waals surface area (Å²) in [6.07, 6.45) is 4.94. The highest BCUT2D eigenvalue weighted by atomic mass is 35.5. The lowest BCUT2D eigenvalue weighted by molar-refractivity contribution is -0.0207. The highest BCUT2D eigenvalue weighted by Gasteiger charge is 2.38. The second-order valence-corrected chi connectivity index (χ2v) is 11.5. The van der Waals surface area contributed by atoms with Gasteiger partial charge in [0.25, 0.3) is 0 Å². The molecule has 3 aromatic rings. The lowest BCUT2D eigenvalue weighted by Gasteiger charge is -2.21. The zero-order chi connectivity index (χ0) is 27.5. The van der Waals surface area contributed by atoms with Gasteiger partial charge in [0, 0.05) is 25.9 Å². The first-order chi connectivity index (χ1) is 18.1. The van der Waals surface area contributed by atoms with Crippen LogP contribution in [-0.2, 0) is 25.9 Å². The van der Waals surface area contributed by atoms with E-state index in [1.165, 1.54) is 44.6 Å². The van der Waals surface area contributed by atoms with Gasteiger partial charge in [0.2, 0.25) is 27.7 Å². The van der Waals surface area contributed by atoms with Crippen molar-refractivity contribution in [3.05, 3.63) is 35.4 Å². The Hall–Kier alpha value is -3.14. The van der Waals surface area contributed by atoms with Gasteiger partial charge in [-0.3, -0.25) is 9.29 Å². The van der Waals surface area contributed by atoms with Crippen LogP contribution in [0.5, 0.6) is 11.8 Å². The van der Waals surface area contributed by atoms with Gasteiger partial charge in [0.05, 0.1) is 31.5 Å². The second-order valence-electron chi connectivity index (χ2n) is 9.11. The molecule has 3 aromatic heterocycles. The fraction of sp³-hybridized carbons (Fsp3) is 0.545. The molecule has 16 heteroatoms. The number of methoxy groups -OCH3 is 3. The van der Waals surface area contributed by atoms with Crippen LogP contribution in [0.15, 0.2) is 18.7 Å². The summed E-state index contributed by atoms with van der Waals surface area (Å²) >= 11 is 5.87. The van der Waals surface area contributed by atoms with E-state index in [2.05, 4.69) is 34.9 Å². The molecule has 0 unspecified atom stereocenters. The van der Waals surface area contributed by atoms with Crippen LogP contribution in [0.3, 0.4) is 0 Å². The Kier molecular flexibility index (Phi) is 8.30. The van der Waals surface area contributed by atoms with Crippen molar-refractivity contribution in [3.63, 3.8) is 0 Å². The van der Waals surface area contributed by atoms with E-state index in [4.69, 9.17) is 30.5 Å². The van der Waals surface area contributed by atoms with Crippen molar-refractivity contribution in [1.82, 2.24) is 34.7 Å². The maximum absolute atomic E-state index is 13.6. The van der Waals surface area contributed by atoms with Gasteiger partial charge < -0.3 is 18.9 Å². The molecular formula is C22H29ClN8O6S. The minimum Gasteiger partial charge on any atom is -0.479 e. The van der Waals surface area contributed by atoms with Crippen LogP contribution in [0.4, 0.5) is 5.95 Å². The van der Waals surface area contributed by atoms with Gasteiger partial charge in [-0.05, 0) is 26.7 Å². The van der Waals surface area contributed by atoms with Gasteiger partial charge >= 0.3 is 0 Å². The van der Waals surface area contributed by atoms with Crippen LogP contribution in [-0.4, -0.2) is 81.9 Å². The summed E-state index contributed by atoms with van der Waals surface area (Å²) in [7, 11) is 0.133. The zero-order valence-electron chi connectivity index (χ0n) is 21.6. The van der Waals surface area contributed by atoms with Gasteiger partial charge in [-0.2, -0.15) is 9.97 Å². The molecule has 206 valence electrons. The minimum absolute atomic E-state index is 0.0393. The molecule has 0 saturated carbocycles. The quantitative estimate of drug-likeness (QED) is 0.358. The first-order valence-electron chi connectivity index (χ1n) is 11.6. The molecule has 38 heavy (non-hydrogen) atoms. The zero-order valence-corrected chi connectivity index (χ0v) is 23.2. The summed E-state index contributed by atoms with van der Waals surface area (Å²) < 4.78 is 53.5. The molecule has 1 saturated heterocycles. The molecule has 0 aromatic carbocycles. The summed E-state index contributed by atoms with van der Waals surface area (Å²) in [5.41, 5.74) is -0.183. The van der Waals surface area contributed by atoms with Crippen molar-refractivity contribution in [2.75, 3.05) is 32.7 Å². The molecule has 4 heterocycles. The Morgan fingerprint density at radius 3 is 2.34 bits per heavy atom. The first-order valence-corrected chi connectivity index (χ1v) is 13.5. The molecule has 0 bridgehead atoms. The summed E-state index contributed by atoms with van der Waals surface area (Å²) in [5, 5.41) is 7.73. The summed E-state index contributed by atoms with van der Waals surface area (Å²) in [6.45, 7) is 3.81. The fourth-order valence-corrected chi connectivity index (χ4v) is 5.43. The summed E-state index contributed by atoms with van der Waals surface area (Å²) in [5.74, 6) is 0.740. The Morgan fingerprint density at radius 2 is 1.79 bits per heavy atom. The van der Waals surface area contributed by atoms with E-state index in [0.717, 1.165) is 6.42 Å². The third kappa shape index (κ3) is 5.95. The third-order valence-corrected chi connectivity index (χ3v) is 7.76. The van der Waals surface area contributed by atoms with Crippen molar-refractivity contribution < 1.29 is 27.4 Å². The highest BCUT2D eigenvalue weighted by Crippen LogP contribution is 2.41. The number of anilines is 1. The van der Waals surface area contributed by atoms with E-state index in [9.17, 15) is 8.42 Å². The van der Waals surface area contributed by atoms with Crippen LogP contribution in [0.25, 0.3) is 5.69 Å². The Bertz CT molecular complexity index is 1350. The number of nitrogens with one attached hydrogen (secondary N) is 1. The average Bonchev–Trinajstić information content (AvgIpc) is 3.46. The van der Waals surface area contributed by atoms with E-state index < -0.39 is 27.0 Å². The van der Waals surface area contributed by atoms with E-state index in [-0.39, 0.29) is 42.2 Å². The molecule has 0 amide bonds. The predicted octanol–water partition coefficient (Wildman–Crippen LogP) is 2.15. The standard InChI is InChI=1S/C22H29ClN8O6S/c1-22(2)7-6-15(37-22)18-28-29-21(31(18)17-19(35-4)26-12-27-20(17)36-5)30-38(32,33)14(11-34-3)8-16-24-9-13(23)10-25-16/h9-10,12,14-15H,6-8,11H2,1-5H3,(H,29,30)/t14-,15+/m0/s1. The van der Waals surface area contributed by atoms with Gasteiger partial charge in [-0.1, -0.05) is 11.6 Å². The van der Waals surface area contributed by atoms with Crippen molar-refractivity contribution in [2.45, 2.75) is 50.1 Å². The van der Waals surface area contributed by atoms with Gasteiger partial charge in [0.1, 0.15) is 23.5 Å². The lowest BCUT2D eigenvalue weighted by Crippen LogP contribution is -2.35. The normalized spacial score (nSPS) is 17.8. The number of halogens is 1. The van der Waals surface area contributed by atoms with E-state index in [1.807, 2.05) is 13.8 Å². The molecule has 1 aliphatic heterocycles. The van der Waals surface area contributed by atoms with Crippen LogP contribution in [0.2, 0.25) is 5.02 Å². The topological polar surface area (TPSA) is 165 Å². The van der Waals surface area contributed by atoms with Gasteiger partial charge in [0.15, 0.2) is 11.5 Å². The fourth-order valence-electron chi connectivity index (χ4n) is 4.10. The van der Waals surface area contributed by atoms with Crippen molar-refractivity contribution >= 4 is 27.6 Å². The molecule has 14 nitrogen and oxygen atoms in total. The number of ether oxygens (including phenoxy) is 4. The smallest absolute Gasteiger partial charge is 0.245 e. The summed E-state index contributed by atoms with van der Waals surface area (Å²) in [4.78, 5) is 16.6. The minimum atomic E-state index is -4.12. The number of sulfonamides is 1. The monoisotopic (exact) mass is 568 g/mol. The van der Waals surface area contributed by atoms with Gasteiger partial charge in [-0.15, -0.1) is 10.2 Å². The number of nitrogens with zero attached hydrogens (tertiary/aromatic N) is 7. The number of hydrogen-bond acceptors (Lipinski definition) is 12. The summed E-state index contributed by atoms with van der Waals surface area (Å²) in [6, 6.07) is 0. The maximum Gasteiger partial charge on any atom is 0.245 e. The third-order valence-electron chi connectivity index (χ3n) is 5.92. The molecule has 0 spiro atoms. The predicted molar refractivity (Wildman–Crippen MR) is 136 cm³/mol. The molecule has 4 rings (SSSR count). The van der Waals surface area contributed by atoms with Crippen LogP contribution < -0.4 is 14.2 Å². The highest BCUT2D eigenvalue weighted by molar-refractivity contribution is 7.93. The van der Waals surface area contributed by atoms with Crippen molar-refractivity contribution in [1.29, 1.82) is 0 Å². The van der Waals surface area contributed by atoms with E-state index in [0.29, 0.717) is 17.3 Å². The van der Waals surface area contributed by atoms with Crippen LogP contribution in [0, 0.1) is 0 Å². The number of hydrogen-bond donors (Lipinski definition) is 1. The molecular weight excluding hydrogens is 540 g/mol. The van der Waals surface area contributed by atoms with Crippen LogP contribution >= 0.6 is 11.6 Å². The number of aromatic nitrogens is 7. The van der Waals surface area contributed by atoms with E-state index in [1.54, 1.807) is 0 Å².